The van der Waals surface area contributed by atoms with E-state index in [2.05, 4.69) is 17.0 Å². The molecule has 3 aliphatic rings. The number of rotatable bonds is 5. The van der Waals surface area contributed by atoms with Crippen molar-refractivity contribution < 1.29 is 17.9 Å². The number of hydrogen-bond donors (Lipinski definition) is 0. The molecular weight excluding hydrogens is 404 g/mol. The third kappa shape index (κ3) is 3.89. The fourth-order valence-electron chi connectivity index (χ4n) is 5.19. The molecule has 0 spiro atoms. The molecule has 0 radical (unpaired) electrons. The zero-order chi connectivity index (χ0) is 21.5. The third-order valence-corrected chi connectivity index (χ3v) is 8.73. The van der Waals surface area contributed by atoms with E-state index >= 15 is 0 Å². The summed E-state index contributed by atoms with van der Waals surface area (Å²) in [5.74, 6) is -0.0611. The molecule has 0 saturated carbocycles. The first-order chi connectivity index (χ1) is 14.3. The Morgan fingerprint density at radius 1 is 1.17 bits per heavy atom. The zero-order valence-electron chi connectivity index (χ0n) is 18.0. The number of hydrogen-bond acceptors (Lipinski definition) is 5. The normalized spacial score (nSPS) is 30.7. The predicted octanol–water partition coefficient (Wildman–Crippen LogP) is 0.615. The van der Waals surface area contributed by atoms with E-state index < -0.39 is 10.2 Å². The maximum absolute atomic E-state index is 13.4. The Morgan fingerprint density at radius 3 is 2.47 bits per heavy atom. The van der Waals surface area contributed by atoms with Crippen molar-refractivity contribution >= 4 is 16.1 Å². The third-order valence-electron chi connectivity index (χ3n) is 6.74. The van der Waals surface area contributed by atoms with Crippen molar-refractivity contribution in [1.82, 2.24) is 18.4 Å². The van der Waals surface area contributed by atoms with Crippen LogP contribution in [0.2, 0.25) is 0 Å². The quantitative estimate of drug-likeness (QED) is 0.677. The molecule has 8 nitrogen and oxygen atoms in total. The molecule has 3 fully saturated rings. The molecule has 1 aromatic carbocycles. The van der Waals surface area contributed by atoms with Gasteiger partial charge in [0.15, 0.2) is 0 Å². The lowest BCUT2D eigenvalue weighted by Crippen LogP contribution is -2.63. The van der Waals surface area contributed by atoms with Gasteiger partial charge in [-0.05, 0) is 18.9 Å². The van der Waals surface area contributed by atoms with E-state index in [4.69, 9.17) is 4.74 Å². The van der Waals surface area contributed by atoms with Gasteiger partial charge in [0, 0.05) is 58.4 Å². The van der Waals surface area contributed by atoms with Crippen LogP contribution in [0.25, 0.3) is 0 Å². The van der Waals surface area contributed by atoms with Crippen LogP contribution in [0.5, 0.6) is 0 Å². The number of ether oxygens (including phenoxy) is 1. The van der Waals surface area contributed by atoms with Gasteiger partial charge in [0.1, 0.15) is 0 Å². The molecule has 9 heteroatoms. The van der Waals surface area contributed by atoms with Gasteiger partial charge in [-0.2, -0.15) is 17.0 Å². The monoisotopic (exact) mass is 436 g/mol. The molecule has 30 heavy (non-hydrogen) atoms. The van der Waals surface area contributed by atoms with Gasteiger partial charge in [0.2, 0.25) is 5.91 Å². The number of amides is 1. The number of carbonyl (C=O) groups is 1. The summed E-state index contributed by atoms with van der Waals surface area (Å²) >= 11 is 0. The number of piperazine rings is 1. The van der Waals surface area contributed by atoms with E-state index in [1.54, 1.807) is 18.4 Å². The van der Waals surface area contributed by atoms with Crippen LogP contribution in [0.4, 0.5) is 0 Å². The molecular formula is C21H32N4O4S. The van der Waals surface area contributed by atoms with Crippen molar-refractivity contribution in [1.29, 1.82) is 0 Å². The lowest BCUT2D eigenvalue weighted by Gasteiger charge is -2.46. The van der Waals surface area contributed by atoms with Gasteiger partial charge in [-0.1, -0.05) is 30.3 Å². The Kier molecular flexibility index (Phi) is 6.18. The summed E-state index contributed by atoms with van der Waals surface area (Å²) in [7, 11) is -0.418. The summed E-state index contributed by atoms with van der Waals surface area (Å²) in [6.45, 7) is 5.44. The minimum absolute atomic E-state index is 0.0242. The topological polar surface area (TPSA) is 73.4 Å². The number of carbonyl (C=O) groups excluding carboxylic acids is 1. The van der Waals surface area contributed by atoms with Gasteiger partial charge < -0.3 is 9.64 Å². The Hall–Kier alpha value is -1.52. The molecule has 4 rings (SSSR count). The van der Waals surface area contributed by atoms with Crippen molar-refractivity contribution in [2.75, 3.05) is 46.9 Å². The molecule has 0 N–H and O–H groups in total. The fourth-order valence-corrected chi connectivity index (χ4v) is 6.51. The number of morpholine rings is 1. The Balaban J connectivity index is 1.64. The summed E-state index contributed by atoms with van der Waals surface area (Å²) < 4.78 is 34.2. The maximum Gasteiger partial charge on any atom is 0.281 e. The van der Waals surface area contributed by atoms with Crippen LogP contribution in [0.1, 0.15) is 18.9 Å². The molecule has 2 bridgehead atoms. The van der Waals surface area contributed by atoms with Crippen molar-refractivity contribution in [2.24, 2.45) is 5.92 Å². The second kappa shape index (κ2) is 8.55. The summed E-state index contributed by atoms with van der Waals surface area (Å²) in [4.78, 5) is 17.7. The Morgan fingerprint density at radius 2 is 1.83 bits per heavy atom. The first-order valence-corrected chi connectivity index (χ1v) is 12.1. The molecule has 3 saturated heterocycles. The first kappa shape index (κ1) is 21.7. The van der Waals surface area contributed by atoms with Crippen molar-refractivity contribution in [3.05, 3.63) is 35.9 Å². The average Bonchev–Trinajstić information content (AvgIpc) is 3.01. The second-order valence-electron chi connectivity index (χ2n) is 8.68. The van der Waals surface area contributed by atoms with Gasteiger partial charge in [0.25, 0.3) is 10.2 Å². The summed E-state index contributed by atoms with van der Waals surface area (Å²) in [6.07, 6.45) is 0.692. The van der Waals surface area contributed by atoms with E-state index in [9.17, 15) is 13.2 Å². The number of nitrogens with zero attached hydrogens (tertiary/aromatic N) is 4. The van der Waals surface area contributed by atoms with Crippen LogP contribution in [0.3, 0.4) is 0 Å². The smallest absolute Gasteiger partial charge is 0.281 e. The van der Waals surface area contributed by atoms with Crippen LogP contribution in [0, 0.1) is 5.92 Å². The summed E-state index contributed by atoms with van der Waals surface area (Å²) in [5.41, 5.74) is 1.18. The minimum atomic E-state index is -3.55. The molecule has 1 aromatic rings. The van der Waals surface area contributed by atoms with E-state index in [1.807, 2.05) is 30.0 Å². The van der Waals surface area contributed by atoms with Crippen LogP contribution in [0.15, 0.2) is 30.3 Å². The Bertz CT molecular complexity index is 857. The van der Waals surface area contributed by atoms with Crippen LogP contribution in [-0.4, -0.2) is 97.8 Å². The SMILES string of the molecule is CC1[C@@H]2[C@@H](C(=O)N3CCOCC3)C[C@H](CN1S(=O)(=O)N(C)C)N2Cc1ccccc1. The van der Waals surface area contributed by atoms with Crippen molar-refractivity contribution in [3.8, 4) is 0 Å². The van der Waals surface area contributed by atoms with Crippen LogP contribution >= 0.6 is 0 Å². The molecule has 3 heterocycles. The molecule has 166 valence electrons. The van der Waals surface area contributed by atoms with E-state index in [1.165, 1.54) is 9.87 Å². The predicted molar refractivity (Wildman–Crippen MR) is 114 cm³/mol. The molecule has 0 aromatic heterocycles. The van der Waals surface area contributed by atoms with E-state index in [-0.39, 0.29) is 30.0 Å². The minimum Gasteiger partial charge on any atom is -0.378 e. The first-order valence-electron chi connectivity index (χ1n) is 10.7. The lowest BCUT2D eigenvalue weighted by atomic mass is 9.93. The van der Waals surface area contributed by atoms with E-state index in [0.717, 1.165) is 6.54 Å². The molecule has 3 aliphatic heterocycles. The largest absolute Gasteiger partial charge is 0.378 e. The summed E-state index contributed by atoms with van der Waals surface area (Å²) in [5, 5.41) is 0. The highest BCUT2D eigenvalue weighted by Crippen LogP contribution is 2.41. The fraction of sp³-hybridized carbons (Fsp3) is 0.667. The van der Waals surface area contributed by atoms with Gasteiger partial charge in [-0.3, -0.25) is 9.69 Å². The standard InChI is InChI=1S/C21H32N4O4S/c1-16-20-19(21(26)23-9-11-29-12-10-23)13-18(15-25(16)30(27,28)22(2)3)24(20)14-17-7-5-4-6-8-17/h4-8,16,18-20H,9-15H2,1-3H3/t16?,18-,19+,20-/m1/s1. The van der Waals surface area contributed by atoms with Crippen molar-refractivity contribution in [3.63, 3.8) is 0 Å². The number of benzene rings is 1. The maximum atomic E-state index is 13.4. The summed E-state index contributed by atoms with van der Waals surface area (Å²) in [6, 6.07) is 9.80. The second-order valence-corrected chi connectivity index (χ2v) is 10.8. The highest BCUT2D eigenvalue weighted by molar-refractivity contribution is 7.86. The molecule has 4 atom stereocenters. The van der Waals surface area contributed by atoms with Gasteiger partial charge >= 0.3 is 0 Å². The van der Waals surface area contributed by atoms with Crippen LogP contribution in [-0.2, 0) is 26.3 Å². The number of fused-ring (bicyclic) bond motifs is 2. The van der Waals surface area contributed by atoms with Gasteiger partial charge in [-0.25, -0.2) is 0 Å². The van der Waals surface area contributed by atoms with Crippen molar-refractivity contribution in [2.45, 2.75) is 38.0 Å². The molecule has 1 amide bonds. The van der Waals surface area contributed by atoms with Crippen LogP contribution < -0.4 is 0 Å². The van der Waals surface area contributed by atoms with E-state index in [0.29, 0.717) is 39.3 Å². The molecule has 1 unspecified atom stereocenters. The highest BCUT2D eigenvalue weighted by atomic mass is 32.2. The Labute approximate surface area is 179 Å². The van der Waals surface area contributed by atoms with Gasteiger partial charge in [-0.15, -0.1) is 0 Å². The van der Waals surface area contributed by atoms with Gasteiger partial charge in [0.05, 0.1) is 19.1 Å². The highest BCUT2D eigenvalue weighted by Gasteiger charge is 2.55. The molecule has 0 aliphatic carbocycles. The zero-order valence-corrected chi connectivity index (χ0v) is 18.8. The lowest BCUT2D eigenvalue weighted by molar-refractivity contribution is -0.141. The average molecular weight is 437 g/mol.